The summed E-state index contributed by atoms with van der Waals surface area (Å²) in [4.78, 5) is 16.6. The lowest BCUT2D eigenvalue weighted by atomic mass is 10.5. The average Bonchev–Trinajstić information content (AvgIpc) is 2.32. The van der Waals surface area contributed by atoms with E-state index in [1.54, 1.807) is 11.6 Å². The van der Waals surface area contributed by atoms with Crippen LogP contribution in [0.5, 0.6) is 0 Å². The highest BCUT2D eigenvalue weighted by Crippen LogP contribution is 2.04. The Morgan fingerprint density at radius 3 is 2.69 bits per heavy atom. The molecule has 1 aromatic rings. The van der Waals surface area contributed by atoms with Crippen LogP contribution >= 0.6 is 0 Å². The Labute approximate surface area is 76.6 Å². The van der Waals surface area contributed by atoms with Gasteiger partial charge in [0.1, 0.15) is 11.5 Å². The van der Waals surface area contributed by atoms with Gasteiger partial charge in [-0.1, -0.05) is 0 Å². The summed E-state index contributed by atoms with van der Waals surface area (Å²) in [5.41, 5.74) is 0.219. The average molecular weight is 183 g/mol. The quantitative estimate of drug-likeness (QED) is 0.726. The number of aromatic nitrogens is 2. The van der Waals surface area contributed by atoms with Crippen molar-refractivity contribution in [2.75, 3.05) is 14.1 Å². The molecule has 0 unspecified atom stereocenters. The topological polar surface area (TPSA) is 58.4 Å². The number of imidazole rings is 1. The van der Waals surface area contributed by atoms with Crippen molar-refractivity contribution in [3.05, 3.63) is 17.7 Å². The van der Waals surface area contributed by atoms with Gasteiger partial charge in [0.15, 0.2) is 0 Å². The second-order valence-corrected chi connectivity index (χ2v) is 3.16. The lowest BCUT2D eigenvalue weighted by molar-refractivity contribution is 0.0686. The van der Waals surface area contributed by atoms with E-state index in [9.17, 15) is 4.79 Å². The van der Waals surface area contributed by atoms with Crippen LogP contribution < -0.4 is 0 Å². The summed E-state index contributed by atoms with van der Waals surface area (Å²) in [7, 11) is 5.53. The largest absolute Gasteiger partial charge is 0.477 e. The maximum Gasteiger partial charge on any atom is 0.354 e. The standard InChI is InChI=1S/C8H13N3O2/c1-10(2)5-7-9-4-6(8(12)13)11(7)3/h4H,5H2,1-3H3,(H,12,13). The van der Waals surface area contributed by atoms with E-state index in [2.05, 4.69) is 4.98 Å². The first-order valence-electron chi connectivity index (χ1n) is 3.91. The molecular weight excluding hydrogens is 170 g/mol. The second kappa shape index (κ2) is 3.57. The van der Waals surface area contributed by atoms with Crippen molar-refractivity contribution in [3.63, 3.8) is 0 Å². The van der Waals surface area contributed by atoms with Crippen molar-refractivity contribution < 1.29 is 9.90 Å². The van der Waals surface area contributed by atoms with E-state index in [4.69, 9.17) is 5.11 Å². The number of aromatic carboxylic acids is 1. The van der Waals surface area contributed by atoms with Crippen molar-refractivity contribution in [1.29, 1.82) is 0 Å². The first-order chi connectivity index (χ1) is 6.02. The van der Waals surface area contributed by atoms with Gasteiger partial charge in [-0.05, 0) is 14.1 Å². The molecule has 5 heteroatoms. The summed E-state index contributed by atoms with van der Waals surface area (Å²) < 4.78 is 1.59. The fourth-order valence-corrected chi connectivity index (χ4v) is 1.08. The van der Waals surface area contributed by atoms with Gasteiger partial charge in [0.2, 0.25) is 0 Å². The molecule has 1 heterocycles. The third kappa shape index (κ3) is 2.06. The minimum Gasteiger partial charge on any atom is -0.477 e. The van der Waals surface area contributed by atoms with Gasteiger partial charge >= 0.3 is 5.97 Å². The minimum atomic E-state index is -0.944. The lowest BCUT2D eigenvalue weighted by Crippen LogP contribution is -2.15. The molecule has 0 aliphatic rings. The third-order valence-electron chi connectivity index (χ3n) is 1.76. The predicted molar refractivity (Wildman–Crippen MR) is 47.6 cm³/mol. The number of rotatable bonds is 3. The third-order valence-corrected chi connectivity index (χ3v) is 1.76. The summed E-state index contributed by atoms with van der Waals surface area (Å²) in [5, 5.41) is 8.74. The van der Waals surface area contributed by atoms with E-state index in [-0.39, 0.29) is 5.69 Å². The summed E-state index contributed by atoms with van der Waals surface area (Å²) in [5.74, 6) is -0.192. The van der Waals surface area contributed by atoms with Gasteiger partial charge in [-0.2, -0.15) is 0 Å². The van der Waals surface area contributed by atoms with Gasteiger partial charge in [-0.3, -0.25) is 0 Å². The fourth-order valence-electron chi connectivity index (χ4n) is 1.08. The Morgan fingerprint density at radius 1 is 1.69 bits per heavy atom. The maximum absolute atomic E-state index is 10.6. The van der Waals surface area contributed by atoms with Crippen LogP contribution in [-0.2, 0) is 13.6 Å². The van der Waals surface area contributed by atoms with Crippen molar-refractivity contribution >= 4 is 5.97 Å². The molecule has 0 atom stereocenters. The maximum atomic E-state index is 10.6. The van der Waals surface area contributed by atoms with E-state index in [0.717, 1.165) is 5.82 Å². The Morgan fingerprint density at radius 2 is 2.31 bits per heavy atom. The molecule has 0 saturated carbocycles. The fraction of sp³-hybridized carbons (Fsp3) is 0.500. The highest BCUT2D eigenvalue weighted by molar-refractivity contribution is 5.85. The number of carbonyl (C=O) groups is 1. The molecule has 0 aliphatic carbocycles. The van der Waals surface area contributed by atoms with Crippen molar-refractivity contribution in [3.8, 4) is 0 Å². The predicted octanol–water partition coefficient (Wildman–Crippen LogP) is 0.180. The highest BCUT2D eigenvalue weighted by Gasteiger charge is 2.12. The summed E-state index contributed by atoms with van der Waals surface area (Å²) in [6.07, 6.45) is 1.38. The first-order valence-corrected chi connectivity index (χ1v) is 3.91. The zero-order valence-electron chi connectivity index (χ0n) is 7.98. The van der Waals surface area contributed by atoms with Gasteiger partial charge < -0.3 is 14.6 Å². The van der Waals surface area contributed by atoms with Crippen molar-refractivity contribution in [2.24, 2.45) is 7.05 Å². The molecule has 0 spiro atoms. The monoisotopic (exact) mass is 183 g/mol. The van der Waals surface area contributed by atoms with Gasteiger partial charge in [0.25, 0.3) is 0 Å². The lowest BCUT2D eigenvalue weighted by Gasteiger charge is -2.09. The number of carboxylic acid groups (broad SMARTS) is 1. The molecule has 5 nitrogen and oxygen atoms in total. The Hall–Kier alpha value is -1.36. The molecule has 13 heavy (non-hydrogen) atoms. The second-order valence-electron chi connectivity index (χ2n) is 3.16. The van der Waals surface area contributed by atoms with Crippen LogP contribution in [0.2, 0.25) is 0 Å². The van der Waals surface area contributed by atoms with Crippen molar-refractivity contribution in [2.45, 2.75) is 6.54 Å². The highest BCUT2D eigenvalue weighted by atomic mass is 16.4. The molecule has 1 N–H and O–H groups in total. The number of nitrogens with zero attached hydrogens (tertiary/aromatic N) is 3. The normalized spacial score (nSPS) is 10.8. The van der Waals surface area contributed by atoms with Crippen LogP contribution in [0, 0.1) is 0 Å². The molecule has 72 valence electrons. The molecule has 0 amide bonds. The smallest absolute Gasteiger partial charge is 0.354 e. The van der Waals surface area contributed by atoms with E-state index in [1.165, 1.54) is 6.20 Å². The SMILES string of the molecule is CN(C)Cc1ncc(C(=O)O)n1C. The first kappa shape index (κ1) is 9.73. The number of hydrogen-bond donors (Lipinski definition) is 1. The van der Waals surface area contributed by atoms with Crippen LogP contribution in [0.25, 0.3) is 0 Å². The Kier molecular flexibility index (Phi) is 2.67. The van der Waals surface area contributed by atoms with Crippen LogP contribution in [0.1, 0.15) is 16.3 Å². The Balaban J connectivity index is 2.93. The van der Waals surface area contributed by atoms with Gasteiger partial charge in [-0.25, -0.2) is 9.78 Å². The molecule has 0 radical (unpaired) electrons. The van der Waals surface area contributed by atoms with Gasteiger partial charge in [0.05, 0.1) is 12.7 Å². The van der Waals surface area contributed by atoms with E-state index >= 15 is 0 Å². The summed E-state index contributed by atoms with van der Waals surface area (Å²) >= 11 is 0. The minimum absolute atomic E-state index is 0.219. The van der Waals surface area contributed by atoms with Gasteiger partial charge in [-0.15, -0.1) is 0 Å². The molecule has 1 aromatic heterocycles. The van der Waals surface area contributed by atoms with E-state index < -0.39 is 5.97 Å². The van der Waals surface area contributed by atoms with Crippen molar-refractivity contribution in [1.82, 2.24) is 14.5 Å². The van der Waals surface area contributed by atoms with Gasteiger partial charge in [0, 0.05) is 7.05 Å². The molecular formula is C8H13N3O2. The van der Waals surface area contributed by atoms with E-state index in [0.29, 0.717) is 6.54 Å². The number of carboxylic acids is 1. The molecule has 0 fully saturated rings. The van der Waals surface area contributed by atoms with Crippen LogP contribution in [-0.4, -0.2) is 39.6 Å². The summed E-state index contributed by atoms with van der Waals surface area (Å²) in [6.45, 7) is 0.643. The van der Waals surface area contributed by atoms with Crippen LogP contribution in [0.4, 0.5) is 0 Å². The van der Waals surface area contributed by atoms with Crippen LogP contribution in [0.15, 0.2) is 6.20 Å². The van der Waals surface area contributed by atoms with Crippen LogP contribution in [0.3, 0.4) is 0 Å². The molecule has 0 aliphatic heterocycles. The van der Waals surface area contributed by atoms with E-state index in [1.807, 2.05) is 19.0 Å². The molecule has 0 saturated heterocycles. The number of hydrogen-bond acceptors (Lipinski definition) is 3. The molecule has 0 aromatic carbocycles. The zero-order chi connectivity index (χ0) is 10.0. The molecule has 0 bridgehead atoms. The molecule has 1 rings (SSSR count). The summed E-state index contributed by atoms with van der Waals surface area (Å²) in [6, 6.07) is 0. The Bertz CT molecular complexity index is 317. The zero-order valence-corrected chi connectivity index (χ0v) is 7.98.